The molecule has 1 fully saturated rings. The highest BCUT2D eigenvalue weighted by molar-refractivity contribution is 5.83. The number of methoxy groups -OCH3 is 1. The number of H-pyrrole nitrogens is 1. The fourth-order valence-corrected chi connectivity index (χ4v) is 4.71. The van der Waals surface area contributed by atoms with Crippen molar-refractivity contribution in [3.8, 4) is 11.5 Å². The summed E-state index contributed by atoms with van der Waals surface area (Å²) in [5, 5.41) is 13.1. The topological polar surface area (TPSA) is 134 Å². The van der Waals surface area contributed by atoms with Crippen molar-refractivity contribution in [2.75, 3.05) is 40.2 Å². The molecule has 4 heterocycles. The second-order valence-corrected chi connectivity index (χ2v) is 8.56. The van der Waals surface area contributed by atoms with Gasteiger partial charge in [0.15, 0.2) is 17.3 Å². The molecule has 0 spiro atoms. The molecule has 2 aliphatic heterocycles. The molecular formula is C23H28N6O6. The Morgan fingerprint density at radius 3 is 2.74 bits per heavy atom. The molecule has 2 aliphatic rings. The van der Waals surface area contributed by atoms with Crippen LogP contribution in [0, 0.1) is 5.92 Å². The smallest absolute Gasteiger partial charge is 0.309 e. The van der Waals surface area contributed by atoms with Gasteiger partial charge < -0.3 is 23.9 Å². The third kappa shape index (κ3) is 4.58. The molecule has 1 aromatic carbocycles. The molecule has 1 N–H and O–H groups in total. The van der Waals surface area contributed by atoms with Crippen LogP contribution >= 0.6 is 0 Å². The van der Waals surface area contributed by atoms with Crippen LogP contribution in [-0.2, 0) is 20.8 Å². The SMILES string of the molecule is CCOC(=O)C1CCN([C@H](c2cc3cc4c(cc3[nH]c2=O)OCO4)c2nnnn2CCOC)CC1. The van der Waals surface area contributed by atoms with Crippen LogP contribution < -0.4 is 15.0 Å². The van der Waals surface area contributed by atoms with E-state index in [-0.39, 0.29) is 24.2 Å². The van der Waals surface area contributed by atoms with Crippen molar-refractivity contribution in [3.63, 3.8) is 0 Å². The number of ether oxygens (including phenoxy) is 4. The Kier molecular flexibility index (Phi) is 6.64. The molecule has 0 bridgehead atoms. The van der Waals surface area contributed by atoms with Gasteiger partial charge in [-0.15, -0.1) is 5.10 Å². The first-order valence-electron chi connectivity index (χ1n) is 11.7. The summed E-state index contributed by atoms with van der Waals surface area (Å²) in [5.41, 5.74) is 0.927. The number of tetrazole rings is 1. The zero-order valence-electron chi connectivity index (χ0n) is 19.7. The quantitative estimate of drug-likeness (QED) is 0.466. The number of fused-ring (bicyclic) bond motifs is 2. The van der Waals surface area contributed by atoms with Gasteiger partial charge in [0.25, 0.3) is 5.56 Å². The number of benzene rings is 1. The zero-order chi connectivity index (χ0) is 24.4. The van der Waals surface area contributed by atoms with E-state index in [1.165, 1.54) is 0 Å². The monoisotopic (exact) mass is 484 g/mol. The normalized spacial score (nSPS) is 17.1. The third-order valence-corrected chi connectivity index (χ3v) is 6.49. The third-order valence-electron chi connectivity index (χ3n) is 6.49. The fraction of sp³-hybridized carbons (Fsp3) is 0.522. The Morgan fingerprint density at radius 2 is 2.00 bits per heavy atom. The average Bonchev–Trinajstić information content (AvgIpc) is 3.51. The van der Waals surface area contributed by atoms with Gasteiger partial charge in [-0.3, -0.25) is 14.5 Å². The first-order chi connectivity index (χ1) is 17.1. The second-order valence-electron chi connectivity index (χ2n) is 8.56. The summed E-state index contributed by atoms with van der Waals surface area (Å²) in [5.74, 6) is 1.44. The van der Waals surface area contributed by atoms with Crippen LogP contribution in [0.15, 0.2) is 23.0 Å². The highest BCUT2D eigenvalue weighted by Gasteiger charge is 2.35. The van der Waals surface area contributed by atoms with Gasteiger partial charge >= 0.3 is 5.97 Å². The van der Waals surface area contributed by atoms with Crippen LogP contribution in [-0.4, -0.2) is 76.3 Å². The number of piperidine rings is 1. The number of hydrogen-bond donors (Lipinski definition) is 1. The molecule has 2 aromatic heterocycles. The summed E-state index contributed by atoms with van der Waals surface area (Å²) in [6.45, 7) is 4.36. The number of nitrogens with one attached hydrogen (secondary N) is 1. The molecule has 1 saturated heterocycles. The lowest BCUT2D eigenvalue weighted by molar-refractivity contribution is -0.149. The molecular weight excluding hydrogens is 456 g/mol. The number of carbonyl (C=O) groups excluding carboxylic acids is 1. The van der Waals surface area contributed by atoms with Crippen molar-refractivity contribution in [2.24, 2.45) is 5.92 Å². The van der Waals surface area contributed by atoms with Crippen molar-refractivity contribution in [3.05, 3.63) is 39.9 Å². The maximum Gasteiger partial charge on any atom is 0.309 e. The molecule has 35 heavy (non-hydrogen) atoms. The van der Waals surface area contributed by atoms with Crippen LogP contribution in [0.4, 0.5) is 0 Å². The largest absolute Gasteiger partial charge is 0.466 e. The molecule has 0 saturated carbocycles. The Hall–Kier alpha value is -3.51. The molecule has 0 aliphatic carbocycles. The Bertz CT molecular complexity index is 1270. The Morgan fingerprint density at radius 1 is 1.23 bits per heavy atom. The Labute approximate surface area is 201 Å². The number of aromatic amines is 1. The van der Waals surface area contributed by atoms with Crippen LogP contribution in [0.25, 0.3) is 10.9 Å². The van der Waals surface area contributed by atoms with E-state index in [1.54, 1.807) is 24.8 Å². The van der Waals surface area contributed by atoms with Crippen molar-refractivity contribution >= 4 is 16.9 Å². The van der Waals surface area contributed by atoms with Gasteiger partial charge in [0, 0.05) is 37.2 Å². The van der Waals surface area contributed by atoms with Crippen molar-refractivity contribution in [1.29, 1.82) is 0 Å². The number of hydrogen-bond acceptors (Lipinski definition) is 10. The van der Waals surface area contributed by atoms with E-state index in [0.717, 1.165) is 5.39 Å². The summed E-state index contributed by atoms with van der Waals surface area (Å²) in [7, 11) is 1.61. The van der Waals surface area contributed by atoms with Crippen molar-refractivity contribution in [2.45, 2.75) is 32.4 Å². The molecule has 5 rings (SSSR count). The van der Waals surface area contributed by atoms with E-state index in [9.17, 15) is 9.59 Å². The molecule has 1 atom stereocenters. The van der Waals surface area contributed by atoms with E-state index in [4.69, 9.17) is 18.9 Å². The van der Waals surface area contributed by atoms with Crippen LogP contribution in [0.5, 0.6) is 11.5 Å². The molecule has 0 amide bonds. The molecule has 3 aromatic rings. The van der Waals surface area contributed by atoms with E-state index in [0.29, 0.717) is 74.1 Å². The zero-order valence-corrected chi connectivity index (χ0v) is 19.7. The van der Waals surface area contributed by atoms with Crippen LogP contribution in [0.1, 0.15) is 37.2 Å². The first-order valence-corrected chi connectivity index (χ1v) is 11.7. The van der Waals surface area contributed by atoms with Crippen LogP contribution in [0.2, 0.25) is 0 Å². The molecule has 0 radical (unpaired) electrons. The lowest BCUT2D eigenvalue weighted by atomic mass is 9.94. The molecule has 12 nitrogen and oxygen atoms in total. The van der Waals surface area contributed by atoms with Crippen LogP contribution in [0.3, 0.4) is 0 Å². The first kappa shape index (κ1) is 23.2. The van der Waals surface area contributed by atoms with Gasteiger partial charge in [0.05, 0.1) is 31.2 Å². The predicted octanol–water partition coefficient (Wildman–Crippen LogP) is 1.25. The summed E-state index contributed by atoms with van der Waals surface area (Å²) in [6, 6.07) is 4.97. The fourth-order valence-electron chi connectivity index (χ4n) is 4.71. The number of aromatic nitrogens is 5. The number of rotatable bonds is 8. The standard InChI is InChI=1S/C23H28N6O6/c1-3-33-23(31)14-4-6-28(7-5-14)20(21-25-26-27-29(21)8-9-32-2)16-10-15-11-18-19(35-13-34-18)12-17(15)24-22(16)30/h10-12,14,20H,3-9,13H2,1-2H3,(H,24,30)/t20-/m1/s1. The summed E-state index contributed by atoms with van der Waals surface area (Å²) in [6.07, 6.45) is 1.25. The number of pyridine rings is 1. The second kappa shape index (κ2) is 10.0. The van der Waals surface area contributed by atoms with Gasteiger partial charge in [0.2, 0.25) is 6.79 Å². The van der Waals surface area contributed by atoms with E-state index in [2.05, 4.69) is 25.4 Å². The number of esters is 1. The van der Waals surface area contributed by atoms with Crippen molar-refractivity contribution in [1.82, 2.24) is 30.1 Å². The molecule has 12 heteroatoms. The highest BCUT2D eigenvalue weighted by Crippen LogP contribution is 2.37. The lowest BCUT2D eigenvalue weighted by Crippen LogP contribution is -2.42. The number of carbonyl (C=O) groups is 1. The summed E-state index contributed by atoms with van der Waals surface area (Å²) in [4.78, 5) is 30.8. The van der Waals surface area contributed by atoms with Crippen molar-refractivity contribution < 1.29 is 23.7 Å². The van der Waals surface area contributed by atoms with E-state index < -0.39 is 6.04 Å². The van der Waals surface area contributed by atoms with Gasteiger partial charge in [0.1, 0.15) is 6.04 Å². The predicted molar refractivity (Wildman–Crippen MR) is 123 cm³/mol. The number of nitrogens with zero attached hydrogens (tertiary/aromatic N) is 5. The average molecular weight is 485 g/mol. The minimum Gasteiger partial charge on any atom is -0.466 e. The highest BCUT2D eigenvalue weighted by atomic mass is 16.7. The maximum atomic E-state index is 13.4. The lowest BCUT2D eigenvalue weighted by Gasteiger charge is -2.36. The van der Waals surface area contributed by atoms with Gasteiger partial charge in [-0.2, -0.15) is 0 Å². The maximum absolute atomic E-state index is 13.4. The van der Waals surface area contributed by atoms with Gasteiger partial charge in [-0.1, -0.05) is 0 Å². The van der Waals surface area contributed by atoms with Gasteiger partial charge in [-0.25, -0.2) is 4.68 Å². The summed E-state index contributed by atoms with van der Waals surface area (Å²) < 4.78 is 23.1. The molecule has 0 unspecified atom stereocenters. The van der Waals surface area contributed by atoms with E-state index in [1.807, 2.05) is 12.1 Å². The minimum atomic E-state index is -0.511. The number of likely N-dealkylation sites (tertiary alicyclic amines) is 1. The molecule has 186 valence electrons. The van der Waals surface area contributed by atoms with E-state index >= 15 is 0 Å². The van der Waals surface area contributed by atoms with Gasteiger partial charge in [-0.05, 0) is 42.3 Å². The minimum absolute atomic E-state index is 0.148. The Balaban J connectivity index is 1.53. The summed E-state index contributed by atoms with van der Waals surface area (Å²) >= 11 is 0.